The topological polar surface area (TPSA) is 57.5 Å². The molecule has 0 saturated heterocycles. The third kappa shape index (κ3) is 3.54. The van der Waals surface area contributed by atoms with Crippen molar-refractivity contribution < 1.29 is 19.1 Å². The predicted molar refractivity (Wildman–Crippen MR) is 68.6 cm³/mol. The Morgan fingerprint density at radius 3 is 2.44 bits per heavy atom. The molecule has 0 unspecified atom stereocenters. The SMILES string of the molecule is CCOC(=O)Cn1c(C)c(C(=O)OCC)sc1=[Se]. The number of carbonyl (C=O) groups is 2. The maximum atomic E-state index is 11.7. The van der Waals surface area contributed by atoms with Gasteiger partial charge in [-0.05, 0) is 0 Å². The predicted octanol–water partition coefficient (Wildman–Crippen LogP) is 1.30. The summed E-state index contributed by atoms with van der Waals surface area (Å²) in [5, 5.41) is 0. The van der Waals surface area contributed by atoms with Gasteiger partial charge in [0.15, 0.2) is 0 Å². The minimum atomic E-state index is -0.362. The van der Waals surface area contributed by atoms with Crippen LogP contribution in [0.4, 0.5) is 0 Å². The first-order valence-electron chi connectivity index (χ1n) is 5.54. The van der Waals surface area contributed by atoms with Gasteiger partial charge in [-0.15, -0.1) is 0 Å². The molecule has 0 fully saturated rings. The van der Waals surface area contributed by atoms with Crippen molar-refractivity contribution in [2.45, 2.75) is 27.3 Å². The van der Waals surface area contributed by atoms with Gasteiger partial charge in [0.2, 0.25) is 0 Å². The normalized spacial score (nSPS) is 10.2. The van der Waals surface area contributed by atoms with Crippen LogP contribution in [0.25, 0.3) is 0 Å². The van der Waals surface area contributed by atoms with Crippen molar-refractivity contribution in [1.29, 1.82) is 0 Å². The van der Waals surface area contributed by atoms with Crippen LogP contribution in [-0.4, -0.2) is 45.3 Å². The quantitative estimate of drug-likeness (QED) is 0.601. The summed E-state index contributed by atoms with van der Waals surface area (Å²) in [6, 6.07) is 0. The summed E-state index contributed by atoms with van der Waals surface area (Å²) >= 11 is 4.12. The zero-order chi connectivity index (χ0) is 13.7. The Morgan fingerprint density at radius 2 is 1.89 bits per heavy atom. The molecular formula is C11H15NO4SSe. The molecule has 0 spiro atoms. The molecule has 100 valence electrons. The molecule has 0 atom stereocenters. The van der Waals surface area contributed by atoms with Gasteiger partial charge in [0.1, 0.15) is 0 Å². The van der Waals surface area contributed by atoms with Gasteiger partial charge in [-0.25, -0.2) is 0 Å². The van der Waals surface area contributed by atoms with Gasteiger partial charge in [0.05, 0.1) is 0 Å². The third-order valence-electron chi connectivity index (χ3n) is 2.20. The van der Waals surface area contributed by atoms with Gasteiger partial charge in [-0.2, -0.15) is 0 Å². The van der Waals surface area contributed by atoms with Crippen molar-refractivity contribution in [1.82, 2.24) is 4.57 Å². The van der Waals surface area contributed by atoms with E-state index in [4.69, 9.17) is 9.47 Å². The fraction of sp³-hybridized carbons (Fsp3) is 0.545. The fourth-order valence-corrected chi connectivity index (χ4v) is 3.21. The molecule has 1 aromatic heterocycles. The second-order valence-electron chi connectivity index (χ2n) is 3.39. The molecule has 1 rings (SSSR count). The Bertz CT molecular complexity index is 506. The summed E-state index contributed by atoms with van der Waals surface area (Å²) in [7, 11) is 0. The van der Waals surface area contributed by atoms with Crippen molar-refractivity contribution in [2.24, 2.45) is 0 Å². The number of hydrogen-bond acceptors (Lipinski definition) is 5. The van der Waals surface area contributed by atoms with E-state index in [0.29, 0.717) is 23.8 Å². The number of esters is 2. The zero-order valence-corrected chi connectivity index (χ0v) is 13.0. The summed E-state index contributed by atoms with van der Waals surface area (Å²) in [4.78, 5) is 23.6. The number of ether oxygens (including phenoxy) is 2. The van der Waals surface area contributed by atoms with Crippen LogP contribution in [-0.2, 0) is 20.8 Å². The number of aromatic nitrogens is 1. The van der Waals surface area contributed by atoms with Crippen LogP contribution >= 0.6 is 11.3 Å². The van der Waals surface area contributed by atoms with Gasteiger partial charge in [-0.3, -0.25) is 0 Å². The van der Waals surface area contributed by atoms with E-state index in [1.54, 1.807) is 25.3 Å². The van der Waals surface area contributed by atoms with E-state index in [-0.39, 0.29) is 18.5 Å². The molecule has 18 heavy (non-hydrogen) atoms. The average Bonchev–Trinajstić information content (AvgIpc) is 2.58. The Hall–Kier alpha value is -0.911. The van der Waals surface area contributed by atoms with Crippen molar-refractivity contribution in [2.75, 3.05) is 13.2 Å². The van der Waals surface area contributed by atoms with E-state index in [9.17, 15) is 9.59 Å². The number of rotatable bonds is 5. The van der Waals surface area contributed by atoms with Gasteiger partial charge >= 0.3 is 117 Å². The van der Waals surface area contributed by atoms with Gasteiger partial charge in [0.25, 0.3) is 0 Å². The number of thiazole rings is 1. The van der Waals surface area contributed by atoms with Crippen LogP contribution in [0, 0.1) is 10.4 Å². The summed E-state index contributed by atoms with van der Waals surface area (Å²) < 4.78 is 12.3. The minimum absolute atomic E-state index is 0.0952. The van der Waals surface area contributed by atoms with Crippen LogP contribution in [0.2, 0.25) is 0 Å². The standard InChI is InChI=1S/C11H15NO4SSe/c1-4-15-8(13)6-12-7(3)9(17-11(12)18)10(14)16-5-2/h4-6H2,1-3H3. The van der Waals surface area contributed by atoms with Crippen molar-refractivity contribution in [3.63, 3.8) is 0 Å². The molecule has 0 N–H and O–H groups in total. The molecule has 1 aromatic rings. The molecule has 0 aliphatic carbocycles. The Balaban J connectivity index is 2.98. The Morgan fingerprint density at radius 1 is 1.28 bits per heavy atom. The third-order valence-corrected chi connectivity index (χ3v) is 4.24. The van der Waals surface area contributed by atoms with Crippen molar-refractivity contribution in [3.05, 3.63) is 14.1 Å². The molecule has 0 aliphatic heterocycles. The van der Waals surface area contributed by atoms with Crippen LogP contribution in [0.1, 0.15) is 29.2 Å². The van der Waals surface area contributed by atoms with Crippen LogP contribution in [0.3, 0.4) is 0 Å². The molecule has 7 heteroatoms. The van der Waals surface area contributed by atoms with E-state index in [2.05, 4.69) is 15.6 Å². The van der Waals surface area contributed by atoms with Gasteiger partial charge < -0.3 is 0 Å². The first-order valence-corrected chi connectivity index (χ1v) is 7.21. The number of hydrogen-bond donors (Lipinski definition) is 0. The number of nitrogens with zero attached hydrogens (tertiary/aromatic N) is 1. The van der Waals surface area contributed by atoms with Crippen molar-refractivity contribution in [3.8, 4) is 0 Å². The summed E-state index contributed by atoms with van der Waals surface area (Å²) in [5.74, 6) is -0.686. The Labute approximate surface area is 117 Å². The fourth-order valence-electron chi connectivity index (χ4n) is 1.38. The summed E-state index contributed by atoms with van der Waals surface area (Å²) in [6.45, 7) is 6.06. The molecule has 0 amide bonds. The van der Waals surface area contributed by atoms with Crippen LogP contribution < -0.4 is 0 Å². The van der Waals surface area contributed by atoms with E-state index >= 15 is 0 Å². The van der Waals surface area contributed by atoms with Gasteiger partial charge in [-0.1, -0.05) is 0 Å². The number of carbonyl (C=O) groups excluding carboxylic acids is 2. The van der Waals surface area contributed by atoms with E-state index < -0.39 is 0 Å². The second kappa shape index (κ2) is 6.87. The molecule has 0 aliphatic rings. The molecule has 1 heterocycles. The summed E-state index contributed by atoms with van der Waals surface area (Å²) in [5.41, 5.74) is 0.709. The summed E-state index contributed by atoms with van der Waals surface area (Å²) in [6.07, 6.45) is 0. The monoisotopic (exact) mass is 337 g/mol. The van der Waals surface area contributed by atoms with Crippen molar-refractivity contribution >= 4 is 38.9 Å². The van der Waals surface area contributed by atoms with Crippen LogP contribution in [0.15, 0.2) is 0 Å². The molecule has 0 saturated carbocycles. The molecule has 0 bridgehead atoms. The molecule has 0 radical (unpaired) electrons. The average molecular weight is 336 g/mol. The maximum absolute atomic E-state index is 11.7. The molecular weight excluding hydrogens is 321 g/mol. The second-order valence-corrected chi connectivity index (χ2v) is 5.79. The van der Waals surface area contributed by atoms with Crippen LogP contribution in [0.5, 0.6) is 0 Å². The molecule has 5 nitrogen and oxygen atoms in total. The first kappa shape index (κ1) is 15.1. The van der Waals surface area contributed by atoms with E-state index in [1.807, 2.05) is 0 Å². The zero-order valence-electron chi connectivity index (χ0n) is 10.5. The first-order chi connectivity index (χ1) is 8.51. The van der Waals surface area contributed by atoms with E-state index in [1.165, 1.54) is 11.3 Å². The van der Waals surface area contributed by atoms with E-state index in [0.717, 1.165) is 3.51 Å². The van der Waals surface area contributed by atoms with Gasteiger partial charge in [0, 0.05) is 0 Å². The molecule has 0 aromatic carbocycles. The Kier molecular flexibility index (Phi) is 5.78.